The van der Waals surface area contributed by atoms with Crippen molar-refractivity contribution in [3.63, 3.8) is 0 Å². The van der Waals surface area contributed by atoms with Gasteiger partial charge in [-0.25, -0.2) is 0 Å². The van der Waals surface area contributed by atoms with Crippen molar-refractivity contribution in [3.8, 4) is 0 Å². The monoisotopic (exact) mass is 222 g/mol. The summed E-state index contributed by atoms with van der Waals surface area (Å²) in [5.74, 6) is 3.03. The lowest BCUT2D eigenvalue weighted by molar-refractivity contribution is 0.306. The Kier molecular flexibility index (Phi) is 3.21. The third-order valence-corrected chi connectivity index (χ3v) is 4.58. The highest BCUT2D eigenvalue weighted by atomic mass is 15.2. The molecule has 3 fully saturated rings. The van der Waals surface area contributed by atoms with Gasteiger partial charge in [0.15, 0.2) is 0 Å². The summed E-state index contributed by atoms with van der Waals surface area (Å²) in [5, 5.41) is 3.84. The minimum Gasteiger partial charge on any atom is -0.312 e. The van der Waals surface area contributed by atoms with Gasteiger partial charge in [0.05, 0.1) is 0 Å². The molecule has 1 unspecified atom stereocenters. The fourth-order valence-electron chi connectivity index (χ4n) is 3.25. The Morgan fingerprint density at radius 1 is 1.12 bits per heavy atom. The van der Waals surface area contributed by atoms with E-state index in [0.29, 0.717) is 0 Å². The van der Waals surface area contributed by atoms with Gasteiger partial charge in [-0.05, 0) is 56.4 Å². The van der Waals surface area contributed by atoms with Gasteiger partial charge in [-0.15, -0.1) is 0 Å². The number of hydrogen-bond acceptors (Lipinski definition) is 2. The Bertz CT molecular complexity index is 221. The Hall–Kier alpha value is -0.0800. The molecule has 0 spiro atoms. The van der Waals surface area contributed by atoms with E-state index in [9.17, 15) is 0 Å². The van der Waals surface area contributed by atoms with E-state index in [1.807, 2.05) is 0 Å². The summed E-state index contributed by atoms with van der Waals surface area (Å²) >= 11 is 0. The summed E-state index contributed by atoms with van der Waals surface area (Å²) in [7, 11) is 0. The molecule has 1 saturated heterocycles. The molecule has 0 aromatic carbocycles. The number of likely N-dealkylation sites (tertiary alicyclic amines) is 1. The van der Waals surface area contributed by atoms with Crippen LogP contribution in [0.4, 0.5) is 0 Å². The molecule has 1 aliphatic heterocycles. The molecule has 2 heteroatoms. The van der Waals surface area contributed by atoms with Crippen LogP contribution in [0.2, 0.25) is 0 Å². The third-order valence-electron chi connectivity index (χ3n) is 4.58. The first-order valence-electron chi connectivity index (χ1n) is 7.28. The molecule has 16 heavy (non-hydrogen) atoms. The molecule has 2 aliphatic carbocycles. The van der Waals surface area contributed by atoms with Gasteiger partial charge in [-0.3, -0.25) is 0 Å². The van der Waals surface area contributed by atoms with Crippen LogP contribution in [0.1, 0.15) is 39.0 Å². The minimum absolute atomic E-state index is 0.889. The second kappa shape index (κ2) is 4.66. The third kappa shape index (κ3) is 2.78. The van der Waals surface area contributed by atoms with E-state index in [1.165, 1.54) is 58.3 Å². The fraction of sp³-hybridized carbons (Fsp3) is 1.00. The van der Waals surface area contributed by atoms with Gasteiger partial charge >= 0.3 is 0 Å². The first-order chi connectivity index (χ1) is 7.83. The van der Waals surface area contributed by atoms with E-state index in [2.05, 4.69) is 17.1 Å². The zero-order valence-corrected chi connectivity index (χ0v) is 10.6. The molecule has 0 radical (unpaired) electrons. The molecular weight excluding hydrogens is 196 g/mol. The van der Waals surface area contributed by atoms with Crippen LogP contribution >= 0.6 is 0 Å². The minimum atomic E-state index is 0.889. The van der Waals surface area contributed by atoms with Gasteiger partial charge in [0.25, 0.3) is 0 Å². The number of hydrogen-bond donors (Lipinski definition) is 1. The van der Waals surface area contributed by atoms with Gasteiger partial charge in [-0.1, -0.05) is 6.92 Å². The van der Waals surface area contributed by atoms with E-state index >= 15 is 0 Å². The van der Waals surface area contributed by atoms with Crippen LogP contribution in [0.3, 0.4) is 0 Å². The van der Waals surface area contributed by atoms with Crippen LogP contribution in [-0.4, -0.2) is 37.1 Å². The predicted molar refractivity (Wildman–Crippen MR) is 67.5 cm³/mol. The van der Waals surface area contributed by atoms with Crippen LogP contribution in [0, 0.1) is 17.8 Å². The van der Waals surface area contributed by atoms with Crippen molar-refractivity contribution in [2.75, 3.05) is 26.2 Å². The lowest BCUT2D eigenvalue weighted by atomic mass is 10.1. The van der Waals surface area contributed by atoms with Crippen molar-refractivity contribution in [3.05, 3.63) is 0 Å². The van der Waals surface area contributed by atoms with Crippen LogP contribution in [0.25, 0.3) is 0 Å². The van der Waals surface area contributed by atoms with E-state index < -0.39 is 0 Å². The standard InChI is InChI=1S/C14H26N2/c1-11-6-8-16(10-11)9-7-15-14(12-2-3-12)13-4-5-13/h11-15H,2-10H2,1H3. The van der Waals surface area contributed by atoms with Crippen molar-refractivity contribution in [1.82, 2.24) is 10.2 Å². The Labute approximate surface area is 99.8 Å². The van der Waals surface area contributed by atoms with Gasteiger partial charge in [0, 0.05) is 25.7 Å². The van der Waals surface area contributed by atoms with E-state index in [1.54, 1.807) is 0 Å². The quantitative estimate of drug-likeness (QED) is 0.740. The molecule has 3 rings (SSSR count). The van der Waals surface area contributed by atoms with Crippen molar-refractivity contribution >= 4 is 0 Å². The highest BCUT2D eigenvalue weighted by molar-refractivity contribution is 4.96. The summed E-state index contributed by atoms with van der Waals surface area (Å²) in [6, 6.07) is 0.889. The number of nitrogens with one attached hydrogen (secondary N) is 1. The molecule has 0 aromatic heterocycles. The Morgan fingerprint density at radius 2 is 1.81 bits per heavy atom. The summed E-state index contributed by atoms with van der Waals surface area (Å²) in [4.78, 5) is 2.63. The summed E-state index contributed by atoms with van der Waals surface area (Å²) < 4.78 is 0. The molecule has 2 saturated carbocycles. The lowest BCUT2D eigenvalue weighted by Gasteiger charge is -2.21. The van der Waals surface area contributed by atoms with Crippen molar-refractivity contribution in [1.29, 1.82) is 0 Å². The summed E-state index contributed by atoms with van der Waals surface area (Å²) in [6.07, 6.45) is 7.39. The molecule has 0 bridgehead atoms. The van der Waals surface area contributed by atoms with Gasteiger partial charge < -0.3 is 10.2 Å². The maximum atomic E-state index is 3.84. The molecule has 3 aliphatic rings. The SMILES string of the molecule is CC1CCN(CCNC(C2CC2)C2CC2)C1. The molecule has 92 valence electrons. The molecule has 1 atom stereocenters. The molecule has 0 aromatic rings. The normalized spacial score (nSPS) is 31.5. The number of nitrogens with zero attached hydrogens (tertiary/aromatic N) is 1. The van der Waals surface area contributed by atoms with Gasteiger partial charge in [0.2, 0.25) is 0 Å². The number of rotatable bonds is 6. The molecular formula is C14H26N2. The molecule has 2 nitrogen and oxygen atoms in total. The van der Waals surface area contributed by atoms with E-state index in [-0.39, 0.29) is 0 Å². The van der Waals surface area contributed by atoms with Gasteiger partial charge in [0.1, 0.15) is 0 Å². The maximum absolute atomic E-state index is 3.84. The second-order valence-corrected chi connectivity index (χ2v) is 6.35. The average Bonchev–Trinajstić information content (AvgIpc) is 3.15. The molecule has 1 N–H and O–H groups in total. The van der Waals surface area contributed by atoms with E-state index in [4.69, 9.17) is 0 Å². The second-order valence-electron chi connectivity index (χ2n) is 6.35. The van der Waals surface area contributed by atoms with Crippen LogP contribution in [0.15, 0.2) is 0 Å². The summed E-state index contributed by atoms with van der Waals surface area (Å²) in [5.41, 5.74) is 0. The van der Waals surface area contributed by atoms with Crippen LogP contribution < -0.4 is 5.32 Å². The summed E-state index contributed by atoms with van der Waals surface area (Å²) in [6.45, 7) is 7.55. The first-order valence-corrected chi connectivity index (χ1v) is 7.28. The first kappa shape index (κ1) is 11.0. The average molecular weight is 222 g/mol. The molecule has 1 heterocycles. The predicted octanol–water partition coefficient (Wildman–Crippen LogP) is 2.11. The van der Waals surface area contributed by atoms with Crippen LogP contribution in [-0.2, 0) is 0 Å². The van der Waals surface area contributed by atoms with Crippen LogP contribution in [0.5, 0.6) is 0 Å². The molecule has 0 amide bonds. The highest BCUT2D eigenvalue weighted by Crippen LogP contribution is 2.44. The Balaban J connectivity index is 1.35. The van der Waals surface area contributed by atoms with Crippen molar-refractivity contribution in [2.45, 2.75) is 45.1 Å². The van der Waals surface area contributed by atoms with Gasteiger partial charge in [-0.2, -0.15) is 0 Å². The largest absolute Gasteiger partial charge is 0.312 e. The fourth-order valence-corrected chi connectivity index (χ4v) is 3.25. The lowest BCUT2D eigenvalue weighted by Crippen LogP contribution is -2.38. The Morgan fingerprint density at radius 3 is 2.31 bits per heavy atom. The smallest absolute Gasteiger partial charge is 0.0124 e. The topological polar surface area (TPSA) is 15.3 Å². The van der Waals surface area contributed by atoms with Crippen molar-refractivity contribution < 1.29 is 0 Å². The van der Waals surface area contributed by atoms with Crippen molar-refractivity contribution in [2.24, 2.45) is 17.8 Å². The highest BCUT2D eigenvalue weighted by Gasteiger charge is 2.40. The van der Waals surface area contributed by atoms with E-state index in [0.717, 1.165) is 23.8 Å². The zero-order chi connectivity index (χ0) is 11.0. The zero-order valence-electron chi connectivity index (χ0n) is 10.6. The maximum Gasteiger partial charge on any atom is 0.0124 e.